The largest absolute Gasteiger partial charge is 0.594 e. The lowest BCUT2D eigenvalue weighted by Crippen LogP contribution is -2.60. The van der Waals surface area contributed by atoms with Crippen molar-refractivity contribution in [3.8, 4) is 22.8 Å². The fourth-order valence-electron chi connectivity index (χ4n) is 3.65. The number of hydrogen-bond donors (Lipinski definition) is 0. The number of nitrogens with zero attached hydrogens (tertiary/aromatic N) is 12. The van der Waals surface area contributed by atoms with Crippen molar-refractivity contribution in [3.63, 3.8) is 0 Å². The van der Waals surface area contributed by atoms with Gasteiger partial charge in [0.15, 0.2) is 38.0 Å². The van der Waals surface area contributed by atoms with Gasteiger partial charge < -0.3 is 34.6 Å². The van der Waals surface area contributed by atoms with E-state index >= 15 is 0 Å². The van der Waals surface area contributed by atoms with Crippen molar-refractivity contribution in [2.45, 2.75) is 50.6 Å². The molecule has 0 bridgehead atoms. The van der Waals surface area contributed by atoms with Gasteiger partial charge in [-0.3, -0.25) is 24.9 Å². The summed E-state index contributed by atoms with van der Waals surface area (Å²) in [7, 11) is 0. The Hall–Kier alpha value is -5.34. The van der Waals surface area contributed by atoms with Crippen LogP contribution >= 0.6 is 0 Å². The molecule has 2 fully saturated rings. The molecule has 0 radical (unpaired) electrons. The highest BCUT2D eigenvalue weighted by Crippen LogP contribution is 2.36. The highest BCUT2D eigenvalue weighted by Gasteiger charge is 2.61. The van der Waals surface area contributed by atoms with Gasteiger partial charge in [0.05, 0.1) is 0 Å². The lowest BCUT2D eigenvalue weighted by molar-refractivity contribution is -0.825. The van der Waals surface area contributed by atoms with Gasteiger partial charge in [0.1, 0.15) is 9.85 Å². The van der Waals surface area contributed by atoms with E-state index in [4.69, 9.17) is 18.9 Å². The summed E-state index contributed by atoms with van der Waals surface area (Å²) in [6.45, 7) is 2.93. The molecule has 0 aromatic carbocycles. The monoisotopic (exact) mass is 628 g/mol. The lowest BCUT2D eigenvalue weighted by Gasteiger charge is -2.34. The van der Waals surface area contributed by atoms with E-state index in [2.05, 4.69) is 49.9 Å². The Morgan fingerprint density at radius 3 is 1.50 bits per heavy atom. The van der Waals surface area contributed by atoms with Crippen LogP contribution in [0.1, 0.15) is 27.7 Å². The Balaban J connectivity index is 1.52. The first-order valence-electron chi connectivity index (χ1n) is 12.1. The summed E-state index contributed by atoms with van der Waals surface area (Å²) in [6, 6.07) is 0. The van der Waals surface area contributed by atoms with Crippen molar-refractivity contribution in [3.05, 3.63) is 35.9 Å². The van der Waals surface area contributed by atoms with Gasteiger partial charge in [0.25, 0.3) is 23.0 Å². The molecule has 2 saturated heterocycles. The van der Waals surface area contributed by atoms with Crippen molar-refractivity contribution in [1.29, 1.82) is 0 Å². The van der Waals surface area contributed by atoms with Gasteiger partial charge >= 0.3 is 11.3 Å². The summed E-state index contributed by atoms with van der Waals surface area (Å²) in [6.07, 6.45) is 0. The molecule has 2 aliphatic heterocycles. The van der Waals surface area contributed by atoms with E-state index in [1.165, 1.54) is 27.7 Å². The molecule has 0 atom stereocenters. The Kier molecular flexibility index (Phi) is 7.14. The first kappa shape index (κ1) is 30.1. The summed E-state index contributed by atoms with van der Waals surface area (Å²) >= 11 is 0. The van der Waals surface area contributed by atoms with Crippen LogP contribution in [-0.4, -0.2) is 94.7 Å². The number of aromatic nitrogens is 6. The third kappa shape index (κ3) is 5.09. The molecule has 0 saturated carbocycles. The number of hydrogen-bond acceptors (Lipinski definition) is 21. The predicted octanol–water partition coefficient (Wildman–Crippen LogP) is 0.108. The topological polar surface area (TPSA) is 331 Å². The molecule has 0 amide bonds. The maximum absolute atomic E-state index is 13.0. The minimum Gasteiger partial charge on any atom is -0.594 e. The number of ether oxygens (including phenoxy) is 4. The Morgan fingerprint density at radius 2 is 1.07 bits per heavy atom. The Labute approximate surface area is 241 Å². The van der Waals surface area contributed by atoms with Gasteiger partial charge in [-0.15, -0.1) is 0 Å². The molecule has 0 spiro atoms. The second-order valence-corrected chi connectivity index (χ2v) is 10.2. The van der Waals surface area contributed by atoms with Crippen molar-refractivity contribution in [2.75, 3.05) is 26.4 Å². The number of nitro groups is 2. The molecular formula is C18H20N12O14. The normalized spacial score (nSPS) is 21.2. The average Bonchev–Trinajstić information content (AvgIpc) is 3.68. The van der Waals surface area contributed by atoms with Crippen LogP contribution in [0.15, 0.2) is 24.1 Å². The highest BCUT2D eigenvalue weighted by molar-refractivity contribution is 5.79. The third-order valence-electron chi connectivity index (χ3n) is 6.37. The van der Waals surface area contributed by atoms with E-state index in [-0.39, 0.29) is 14.6 Å². The van der Waals surface area contributed by atoms with Gasteiger partial charge in [-0.05, 0) is 62.9 Å². The molecule has 2 aliphatic rings. The maximum Gasteiger partial charge on any atom is 0.484 e. The predicted molar refractivity (Wildman–Crippen MR) is 125 cm³/mol. The van der Waals surface area contributed by atoms with Crippen LogP contribution in [0.4, 0.5) is 11.6 Å². The first-order valence-corrected chi connectivity index (χ1v) is 12.1. The molecule has 0 aliphatic carbocycles. The molecule has 26 heteroatoms. The molecule has 44 heavy (non-hydrogen) atoms. The molecule has 236 valence electrons. The zero-order chi connectivity index (χ0) is 32.1. The van der Waals surface area contributed by atoms with E-state index in [1.807, 2.05) is 0 Å². The van der Waals surface area contributed by atoms with Crippen LogP contribution in [0.5, 0.6) is 0 Å². The minimum absolute atomic E-state index is 0.265. The number of rotatable bonds is 8. The molecule has 0 unspecified atom stereocenters. The average molecular weight is 628 g/mol. The molecule has 5 heterocycles. The van der Waals surface area contributed by atoms with Gasteiger partial charge in [-0.25, -0.2) is 9.26 Å². The van der Waals surface area contributed by atoms with E-state index in [9.17, 15) is 35.9 Å². The van der Waals surface area contributed by atoms with Gasteiger partial charge in [0.2, 0.25) is 11.4 Å². The van der Waals surface area contributed by atoms with Crippen LogP contribution in [-0.2, 0) is 18.9 Å². The van der Waals surface area contributed by atoms with Crippen LogP contribution in [0.25, 0.3) is 22.8 Å². The zero-order valence-corrected chi connectivity index (χ0v) is 22.9. The summed E-state index contributed by atoms with van der Waals surface area (Å²) in [5.41, 5.74) is -7.66. The maximum atomic E-state index is 13.0. The summed E-state index contributed by atoms with van der Waals surface area (Å²) < 4.78 is 34.8. The molecular weight excluding hydrogens is 608 g/mol. The first-order chi connectivity index (χ1) is 20.6. The number of hydroxylamine groups is 2. The quantitative estimate of drug-likeness (QED) is 0.0797. The van der Waals surface area contributed by atoms with E-state index in [0.717, 1.165) is 0 Å². The number of azo groups is 2. The lowest BCUT2D eigenvalue weighted by atomic mass is 10.2. The molecule has 0 N–H and O–H groups in total. The van der Waals surface area contributed by atoms with E-state index in [1.54, 1.807) is 0 Å². The Bertz CT molecular complexity index is 1640. The summed E-state index contributed by atoms with van der Waals surface area (Å²) in [5, 5.41) is 86.6. The minimum atomic E-state index is -2.56. The zero-order valence-electron chi connectivity index (χ0n) is 22.9. The second-order valence-electron chi connectivity index (χ2n) is 10.2. The highest BCUT2D eigenvalue weighted by atomic mass is 16.8. The van der Waals surface area contributed by atoms with Gasteiger partial charge in [-0.2, -0.15) is 0 Å². The molecule has 26 nitrogen and oxygen atoms in total. The van der Waals surface area contributed by atoms with Crippen LogP contribution in [0, 0.1) is 35.9 Å². The van der Waals surface area contributed by atoms with Gasteiger partial charge in [-0.1, -0.05) is 0 Å². The Morgan fingerprint density at radius 1 is 0.659 bits per heavy atom. The third-order valence-corrected chi connectivity index (χ3v) is 6.37. The molecule has 3 aromatic rings. The summed E-state index contributed by atoms with van der Waals surface area (Å²) in [5.74, 6) is -3.95. The van der Waals surface area contributed by atoms with Gasteiger partial charge in [0, 0.05) is 15.4 Å². The van der Waals surface area contributed by atoms with Crippen molar-refractivity contribution < 1.29 is 57.3 Å². The second kappa shape index (κ2) is 10.4. The van der Waals surface area contributed by atoms with Crippen LogP contribution in [0.3, 0.4) is 0 Å². The summed E-state index contributed by atoms with van der Waals surface area (Å²) in [4.78, 5) is 20.8. The van der Waals surface area contributed by atoms with E-state index < -0.39 is 93.6 Å². The van der Waals surface area contributed by atoms with Crippen LogP contribution in [0.2, 0.25) is 0 Å². The standard InChI is InChI=1S/C18H20N12O14/c1-15(2)38-5-17(6-39-15,29(34)35)27(32)19-13-10(21-42-24-13)9-12(26(31)44-23-9)11-14(25-43-22-11)20-28(33)18(30(36)37)7-40-16(3,4)41-8-18/h5-8H2,1-4H3. The smallest absolute Gasteiger partial charge is 0.484 e. The molecule has 5 rings (SSSR count). The van der Waals surface area contributed by atoms with Crippen molar-refractivity contribution in [2.24, 2.45) is 10.2 Å². The fraction of sp³-hybridized carbons (Fsp3) is 0.667. The fourth-order valence-corrected chi connectivity index (χ4v) is 3.65. The van der Waals surface area contributed by atoms with Crippen molar-refractivity contribution >= 4 is 11.6 Å². The SMILES string of the molecule is CC1(C)OCC([N+](=O)[O-])([N+]([O-])=Nc2nonc2-c2no[n+]([O-])c2-c2nonc2N=[N+]([O-])C2([N+](=O)[O-])COC(C)(C)OC2)CO1. The van der Waals surface area contributed by atoms with Crippen LogP contribution < -0.4 is 4.90 Å². The van der Waals surface area contributed by atoms with Crippen molar-refractivity contribution in [1.82, 2.24) is 25.8 Å². The van der Waals surface area contributed by atoms with E-state index in [0.29, 0.717) is 0 Å². The molecule has 3 aromatic heterocycles.